The van der Waals surface area contributed by atoms with Gasteiger partial charge in [0.05, 0.1) is 22.4 Å². The number of nitrogens with zero attached hydrogens (tertiary/aromatic N) is 2. The molecule has 0 saturated carbocycles. The third-order valence-corrected chi connectivity index (χ3v) is 4.56. The van der Waals surface area contributed by atoms with E-state index in [1.54, 1.807) is 0 Å². The predicted molar refractivity (Wildman–Crippen MR) is 83.9 cm³/mol. The summed E-state index contributed by atoms with van der Waals surface area (Å²) < 4.78 is 8.89. The molecule has 5 heteroatoms. The number of hydrogen-bond donors (Lipinski definition) is 1. The van der Waals surface area contributed by atoms with Crippen LogP contribution < -0.4 is 5.32 Å². The molecule has 0 bridgehead atoms. The third kappa shape index (κ3) is 3.33. The highest BCUT2D eigenvalue weighted by Crippen LogP contribution is 2.22. The van der Waals surface area contributed by atoms with Gasteiger partial charge in [-0.25, -0.2) is 0 Å². The lowest BCUT2D eigenvalue weighted by Crippen LogP contribution is -2.13. The Kier molecular flexibility index (Phi) is 5.05. The van der Waals surface area contributed by atoms with Gasteiger partial charge in [-0.1, -0.05) is 6.92 Å². The Morgan fingerprint density at radius 3 is 2.70 bits per heavy atom. The zero-order valence-electron chi connectivity index (χ0n) is 12.6. The average Bonchev–Trinajstić information content (AvgIpc) is 2.87. The molecule has 0 atom stereocenters. The van der Waals surface area contributed by atoms with E-state index in [-0.39, 0.29) is 0 Å². The van der Waals surface area contributed by atoms with Crippen LogP contribution in [0.15, 0.2) is 15.0 Å². The van der Waals surface area contributed by atoms with Gasteiger partial charge in [0.1, 0.15) is 11.5 Å². The molecule has 0 aromatic carbocycles. The fraction of sp³-hybridized carbons (Fsp3) is 0.533. The van der Waals surface area contributed by atoms with Gasteiger partial charge in [0.15, 0.2) is 0 Å². The quantitative estimate of drug-likeness (QED) is 0.815. The highest BCUT2D eigenvalue weighted by molar-refractivity contribution is 9.10. The molecule has 0 saturated heterocycles. The van der Waals surface area contributed by atoms with Gasteiger partial charge in [-0.15, -0.1) is 0 Å². The number of nitrogens with one attached hydrogen (secondary N) is 1. The third-order valence-electron chi connectivity index (χ3n) is 3.41. The van der Waals surface area contributed by atoms with E-state index in [0.717, 1.165) is 46.9 Å². The Hall–Kier alpha value is -1.07. The number of rotatable bonds is 6. The maximum Gasteiger partial charge on any atom is 0.125 e. The molecule has 20 heavy (non-hydrogen) atoms. The summed E-state index contributed by atoms with van der Waals surface area (Å²) in [5, 5.41) is 7.92. The van der Waals surface area contributed by atoms with Crippen LogP contribution in [0.4, 0.5) is 0 Å². The lowest BCUT2D eigenvalue weighted by atomic mass is 10.2. The number of furan rings is 1. The molecule has 0 radical (unpaired) electrons. The van der Waals surface area contributed by atoms with E-state index in [4.69, 9.17) is 4.42 Å². The van der Waals surface area contributed by atoms with E-state index in [1.165, 1.54) is 5.56 Å². The first-order chi connectivity index (χ1) is 9.52. The molecule has 0 spiro atoms. The minimum absolute atomic E-state index is 0.674. The first-order valence-electron chi connectivity index (χ1n) is 7.01. The molecule has 0 aliphatic rings. The molecule has 2 heterocycles. The highest BCUT2D eigenvalue weighted by atomic mass is 79.9. The van der Waals surface area contributed by atoms with Crippen LogP contribution in [0.25, 0.3) is 0 Å². The maximum atomic E-state index is 5.84. The van der Waals surface area contributed by atoms with Gasteiger partial charge < -0.3 is 9.73 Å². The van der Waals surface area contributed by atoms with Gasteiger partial charge in [0.2, 0.25) is 0 Å². The van der Waals surface area contributed by atoms with Crippen LogP contribution in [0.2, 0.25) is 0 Å². The van der Waals surface area contributed by atoms with Crippen molar-refractivity contribution in [3.05, 3.63) is 39.0 Å². The zero-order chi connectivity index (χ0) is 14.7. The molecule has 2 aromatic rings. The number of aryl methyl sites for hydroxylation is 2. The van der Waals surface area contributed by atoms with Crippen LogP contribution in [-0.2, 0) is 13.1 Å². The standard InChI is InChI=1S/C15H22BrN3O/c1-5-6-17-8-13-7-14(20-12(13)4)9-19-11(3)15(16)10(2)18-19/h7,17H,5-6,8-9H2,1-4H3. The van der Waals surface area contributed by atoms with Gasteiger partial charge in [0, 0.05) is 12.1 Å². The molecule has 2 rings (SSSR count). The van der Waals surface area contributed by atoms with Crippen LogP contribution in [-0.4, -0.2) is 16.3 Å². The minimum atomic E-state index is 0.674. The fourth-order valence-electron chi connectivity index (χ4n) is 2.22. The van der Waals surface area contributed by atoms with E-state index < -0.39 is 0 Å². The van der Waals surface area contributed by atoms with Crippen molar-refractivity contribution < 1.29 is 4.42 Å². The van der Waals surface area contributed by atoms with Crippen LogP contribution in [0.5, 0.6) is 0 Å². The lowest BCUT2D eigenvalue weighted by Gasteiger charge is -2.01. The second-order valence-electron chi connectivity index (χ2n) is 5.11. The zero-order valence-corrected chi connectivity index (χ0v) is 14.2. The van der Waals surface area contributed by atoms with Gasteiger partial charge in [-0.05, 0) is 55.7 Å². The van der Waals surface area contributed by atoms with E-state index in [1.807, 2.05) is 18.5 Å². The smallest absolute Gasteiger partial charge is 0.125 e. The Morgan fingerprint density at radius 2 is 2.10 bits per heavy atom. The predicted octanol–water partition coefficient (Wildman–Crippen LogP) is 3.71. The molecule has 0 fully saturated rings. The van der Waals surface area contributed by atoms with Gasteiger partial charge in [0.25, 0.3) is 0 Å². The van der Waals surface area contributed by atoms with E-state index >= 15 is 0 Å². The van der Waals surface area contributed by atoms with Crippen molar-refractivity contribution in [1.29, 1.82) is 0 Å². The van der Waals surface area contributed by atoms with Crippen LogP contribution >= 0.6 is 15.9 Å². The Bertz CT molecular complexity index is 586. The summed E-state index contributed by atoms with van der Waals surface area (Å²) in [7, 11) is 0. The Labute approximate surface area is 128 Å². The normalized spacial score (nSPS) is 11.2. The highest BCUT2D eigenvalue weighted by Gasteiger charge is 2.12. The van der Waals surface area contributed by atoms with Crippen molar-refractivity contribution in [1.82, 2.24) is 15.1 Å². The van der Waals surface area contributed by atoms with Gasteiger partial charge in [-0.2, -0.15) is 5.10 Å². The summed E-state index contributed by atoms with van der Waals surface area (Å²) in [6.45, 7) is 10.8. The molecule has 1 N–H and O–H groups in total. The second kappa shape index (κ2) is 6.59. The molecule has 0 unspecified atom stereocenters. The van der Waals surface area contributed by atoms with Crippen LogP contribution in [0.1, 0.15) is 41.8 Å². The largest absolute Gasteiger partial charge is 0.464 e. The molecule has 0 amide bonds. The molecular formula is C15H22BrN3O. The van der Waals surface area contributed by atoms with Crippen LogP contribution in [0, 0.1) is 20.8 Å². The lowest BCUT2D eigenvalue weighted by molar-refractivity contribution is 0.453. The summed E-state index contributed by atoms with van der Waals surface area (Å²) in [5.74, 6) is 1.94. The number of hydrogen-bond acceptors (Lipinski definition) is 3. The first kappa shape index (κ1) is 15.3. The van der Waals surface area contributed by atoms with E-state index in [9.17, 15) is 0 Å². The summed E-state index contributed by atoms with van der Waals surface area (Å²) >= 11 is 3.55. The Balaban J connectivity index is 2.10. The molecule has 110 valence electrons. The SMILES string of the molecule is CCCNCc1cc(Cn2nc(C)c(Br)c2C)oc1C. The van der Waals surface area contributed by atoms with Crippen molar-refractivity contribution >= 4 is 15.9 Å². The van der Waals surface area contributed by atoms with Gasteiger partial charge >= 0.3 is 0 Å². The molecule has 0 aliphatic carbocycles. The van der Waals surface area contributed by atoms with E-state index in [0.29, 0.717) is 6.54 Å². The Morgan fingerprint density at radius 1 is 1.35 bits per heavy atom. The van der Waals surface area contributed by atoms with Crippen molar-refractivity contribution in [2.75, 3.05) is 6.54 Å². The van der Waals surface area contributed by atoms with Crippen molar-refractivity contribution in [2.24, 2.45) is 0 Å². The molecule has 4 nitrogen and oxygen atoms in total. The maximum absolute atomic E-state index is 5.84. The van der Waals surface area contributed by atoms with Gasteiger partial charge in [-0.3, -0.25) is 4.68 Å². The van der Waals surface area contributed by atoms with Crippen LogP contribution in [0.3, 0.4) is 0 Å². The minimum Gasteiger partial charge on any atom is -0.464 e. The average molecular weight is 340 g/mol. The molecular weight excluding hydrogens is 318 g/mol. The summed E-state index contributed by atoms with van der Waals surface area (Å²) in [6.07, 6.45) is 1.14. The van der Waals surface area contributed by atoms with Crippen molar-refractivity contribution in [3.8, 4) is 0 Å². The van der Waals surface area contributed by atoms with E-state index in [2.05, 4.69) is 46.3 Å². The number of halogens is 1. The first-order valence-corrected chi connectivity index (χ1v) is 7.80. The summed E-state index contributed by atoms with van der Waals surface area (Å²) in [5.41, 5.74) is 3.37. The molecule has 0 aliphatic heterocycles. The summed E-state index contributed by atoms with van der Waals surface area (Å²) in [4.78, 5) is 0. The topological polar surface area (TPSA) is 43.0 Å². The molecule has 2 aromatic heterocycles. The van der Waals surface area contributed by atoms with Crippen molar-refractivity contribution in [2.45, 2.75) is 47.2 Å². The summed E-state index contributed by atoms with van der Waals surface area (Å²) in [6, 6.07) is 2.13. The second-order valence-corrected chi connectivity index (χ2v) is 5.91. The monoisotopic (exact) mass is 339 g/mol. The fourth-order valence-corrected chi connectivity index (χ4v) is 2.50. The number of aromatic nitrogens is 2. The van der Waals surface area contributed by atoms with Crippen molar-refractivity contribution in [3.63, 3.8) is 0 Å².